The Bertz CT molecular complexity index is 776. The van der Waals surface area contributed by atoms with E-state index in [2.05, 4.69) is 26.7 Å². The third-order valence-electron chi connectivity index (χ3n) is 3.29. The second-order valence-electron chi connectivity index (χ2n) is 5.15. The number of ether oxygens (including phenoxy) is 1. The van der Waals surface area contributed by atoms with Gasteiger partial charge in [0.15, 0.2) is 0 Å². The second-order valence-corrected chi connectivity index (χ2v) is 6.19. The van der Waals surface area contributed by atoms with E-state index in [9.17, 15) is 4.79 Å². The molecule has 122 valence electrons. The molecule has 0 aliphatic rings. The maximum absolute atomic E-state index is 12.0. The Kier molecular flexibility index (Phi) is 5.52. The average Bonchev–Trinajstić information content (AvgIpc) is 3.09. The highest BCUT2D eigenvalue weighted by Crippen LogP contribution is 2.22. The van der Waals surface area contributed by atoms with Gasteiger partial charge in [-0.05, 0) is 36.4 Å². The van der Waals surface area contributed by atoms with Crippen molar-refractivity contribution in [3.8, 4) is 11.6 Å². The molecule has 0 bridgehead atoms. The van der Waals surface area contributed by atoms with Crippen molar-refractivity contribution in [2.45, 2.75) is 19.3 Å². The lowest BCUT2D eigenvalue weighted by atomic mass is 10.2. The Labute approximate surface area is 144 Å². The van der Waals surface area contributed by atoms with Crippen molar-refractivity contribution in [2.24, 2.45) is 0 Å². The zero-order valence-electron chi connectivity index (χ0n) is 13.0. The number of nitrogens with zero attached hydrogens (tertiary/aromatic N) is 2. The summed E-state index contributed by atoms with van der Waals surface area (Å²) in [5.74, 6) is 1.02. The van der Waals surface area contributed by atoms with Crippen LogP contribution < -0.4 is 10.1 Å². The molecule has 0 aliphatic heterocycles. The maximum Gasteiger partial charge on any atom is 0.237 e. The summed E-state index contributed by atoms with van der Waals surface area (Å²) in [6.45, 7) is 0. The molecule has 1 aromatic carbocycles. The second kappa shape index (κ2) is 8.21. The molecule has 5 nitrogen and oxygen atoms in total. The van der Waals surface area contributed by atoms with Gasteiger partial charge in [-0.3, -0.25) is 9.78 Å². The summed E-state index contributed by atoms with van der Waals surface area (Å²) in [5.41, 5.74) is 0.706. The number of benzene rings is 1. The molecule has 2 heterocycles. The first-order valence-electron chi connectivity index (χ1n) is 7.66. The van der Waals surface area contributed by atoms with E-state index in [0.717, 1.165) is 12.8 Å². The Hall–Kier alpha value is -2.73. The van der Waals surface area contributed by atoms with Crippen molar-refractivity contribution in [1.29, 1.82) is 0 Å². The van der Waals surface area contributed by atoms with Gasteiger partial charge in [0.05, 0.1) is 6.20 Å². The van der Waals surface area contributed by atoms with Gasteiger partial charge in [0.25, 0.3) is 0 Å². The molecule has 0 saturated carbocycles. The van der Waals surface area contributed by atoms with E-state index in [1.54, 1.807) is 35.9 Å². The normalized spacial score (nSPS) is 10.3. The largest absolute Gasteiger partial charge is 0.437 e. The zero-order valence-corrected chi connectivity index (χ0v) is 13.8. The maximum atomic E-state index is 12.0. The molecule has 24 heavy (non-hydrogen) atoms. The fraction of sp³-hybridized carbons (Fsp3) is 0.167. The van der Waals surface area contributed by atoms with Crippen molar-refractivity contribution in [2.75, 3.05) is 5.32 Å². The molecule has 0 radical (unpaired) electrons. The highest BCUT2D eigenvalue weighted by molar-refractivity contribution is 7.09. The minimum absolute atomic E-state index is 0.00297. The van der Waals surface area contributed by atoms with Gasteiger partial charge in [0.2, 0.25) is 11.8 Å². The van der Waals surface area contributed by atoms with Gasteiger partial charge < -0.3 is 10.1 Å². The molecule has 0 atom stereocenters. The summed E-state index contributed by atoms with van der Waals surface area (Å²) in [5, 5.41) is 4.95. The zero-order chi connectivity index (χ0) is 16.6. The number of aromatic nitrogens is 2. The fourth-order valence-corrected chi connectivity index (χ4v) is 2.95. The standard InChI is InChI=1S/C18H17N3O2S/c22-17(8-2-6-16-7-3-11-24-16)21-14-4-1-5-15(12-14)23-18-13-19-9-10-20-18/h1,3-5,7,9-13H,2,6,8H2,(H,21,22). The molecule has 0 spiro atoms. The quantitative estimate of drug-likeness (QED) is 0.697. The Morgan fingerprint density at radius 2 is 2.17 bits per heavy atom. The Balaban J connectivity index is 1.51. The lowest BCUT2D eigenvalue weighted by molar-refractivity contribution is -0.116. The van der Waals surface area contributed by atoms with Crippen molar-refractivity contribution >= 4 is 22.9 Å². The molecular formula is C18H17N3O2S. The predicted molar refractivity (Wildman–Crippen MR) is 94.4 cm³/mol. The third kappa shape index (κ3) is 4.89. The molecule has 2 aromatic heterocycles. The molecule has 6 heteroatoms. The average molecular weight is 339 g/mol. The van der Waals surface area contributed by atoms with E-state index in [1.165, 1.54) is 11.1 Å². The number of carbonyl (C=O) groups excluding carboxylic acids is 1. The van der Waals surface area contributed by atoms with Crippen LogP contribution in [0.25, 0.3) is 0 Å². The van der Waals surface area contributed by atoms with Gasteiger partial charge >= 0.3 is 0 Å². The molecule has 3 aromatic rings. The Morgan fingerprint density at radius 1 is 1.21 bits per heavy atom. The summed E-state index contributed by atoms with van der Waals surface area (Å²) in [6, 6.07) is 11.4. The van der Waals surface area contributed by atoms with E-state index >= 15 is 0 Å². The van der Waals surface area contributed by atoms with Crippen LogP contribution in [0.4, 0.5) is 5.69 Å². The van der Waals surface area contributed by atoms with Gasteiger partial charge in [-0.1, -0.05) is 12.1 Å². The molecule has 3 rings (SSSR count). The number of hydrogen-bond donors (Lipinski definition) is 1. The lowest BCUT2D eigenvalue weighted by Gasteiger charge is -2.08. The lowest BCUT2D eigenvalue weighted by Crippen LogP contribution is -2.11. The summed E-state index contributed by atoms with van der Waals surface area (Å²) >= 11 is 1.72. The number of hydrogen-bond acceptors (Lipinski definition) is 5. The minimum atomic E-state index is 0.00297. The number of nitrogens with one attached hydrogen (secondary N) is 1. The first kappa shape index (κ1) is 16.1. The van der Waals surface area contributed by atoms with Gasteiger partial charge in [-0.2, -0.15) is 0 Å². The summed E-state index contributed by atoms with van der Waals surface area (Å²) in [7, 11) is 0. The van der Waals surface area contributed by atoms with E-state index in [1.807, 2.05) is 18.2 Å². The first-order valence-corrected chi connectivity index (χ1v) is 8.54. The van der Waals surface area contributed by atoms with E-state index < -0.39 is 0 Å². The molecule has 1 N–H and O–H groups in total. The van der Waals surface area contributed by atoms with Crippen molar-refractivity contribution in [3.05, 3.63) is 65.2 Å². The Morgan fingerprint density at radius 3 is 2.96 bits per heavy atom. The van der Waals surface area contributed by atoms with Gasteiger partial charge in [0.1, 0.15) is 5.75 Å². The van der Waals surface area contributed by atoms with Crippen LogP contribution in [0.2, 0.25) is 0 Å². The fourth-order valence-electron chi connectivity index (χ4n) is 2.20. The number of rotatable bonds is 7. The molecule has 0 aliphatic carbocycles. The van der Waals surface area contributed by atoms with E-state index in [-0.39, 0.29) is 5.91 Å². The number of amides is 1. The van der Waals surface area contributed by atoms with Gasteiger partial charge in [-0.15, -0.1) is 11.3 Å². The first-order chi connectivity index (χ1) is 11.8. The SMILES string of the molecule is O=C(CCCc1cccs1)Nc1cccc(Oc2cnccn2)c1. The molecule has 0 unspecified atom stereocenters. The van der Waals surface area contributed by atoms with Crippen molar-refractivity contribution in [3.63, 3.8) is 0 Å². The molecule has 1 amide bonds. The summed E-state index contributed by atoms with van der Waals surface area (Å²) < 4.78 is 5.61. The van der Waals surface area contributed by atoms with Crippen molar-refractivity contribution in [1.82, 2.24) is 9.97 Å². The monoisotopic (exact) mass is 339 g/mol. The van der Waals surface area contributed by atoms with Crippen LogP contribution in [0, 0.1) is 0 Å². The van der Waals surface area contributed by atoms with E-state index in [0.29, 0.717) is 23.7 Å². The third-order valence-corrected chi connectivity index (χ3v) is 4.22. The summed E-state index contributed by atoms with van der Waals surface area (Å²) in [6.07, 6.45) is 6.94. The van der Waals surface area contributed by atoms with Gasteiger partial charge in [0, 0.05) is 35.4 Å². The summed E-state index contributed by atoms with van der Waals surface area (Å²) in [4.78, 5) is 21.4. The minimum Gasteiger partial charge on any atom is -0.437 e. The van der Waals surface area contributed by atoms with Crippen LogP contribution in [0.5, 0.6) is 11.6 Å². The van der Waals surface area contributed by atoms with Crippen molar-refractivity contribution < 1.29 is 9.53 Å². The highest BCUT2D eigenvalue weighted by Gasteiger charge is 2.05. The number of thiophene rings is 1. The number of carbonyl (C=O) groups is 1. The highest BCUT2D eigenvalue weighted by atomic mass is 32.1. The van der Waals surface area contributed by atoms with Crippen LogP contribution >= 0.6 is 11.3 Å². The van der Waals surface area contributed by atoms with Crippen LogP contribution in [-0.2, 0) is 11.2 Å². The predicted octanol–water partition coefficient (Wildman–Crippen LogP) is 4.29. The van der Waals surface area contributed by atoms with Crippen LogP contribution in [0.3, 0.4) is 0 Å². The molecular weight excluding hydrogens is 322 g/mol. The van der Waals surface area contributed by atoms with E-state index in [4.69, 9.17) is 4.74 Å². The number of anilines is 1. The topological polar surface area (TPSA) is 64.1 Å². The van der Waals surface area contributed by atoms with Gasteiger partial charge in [-0.25, -0.2) is 4.98 Å². The smallest absolute Gasteiger partial charge is 0.237 e. The van der Waals surface area contributed by atoms with Crippen LogP contribution in [-0.4, -0.2) is 15.9 Å². The van der Waals surface area contributed by atoms with Crippen LogP contribution in [0.1, 0.15) is 17.7 Å². The molecule has 0 saturated heterocycles. The molecule has 0 fully saturated rings. The van der Waals surface area contributed by atoms with Crippen LogP contribution in [0.15, 0.2) is 60.4 Å². The number of aryl methyl sites for hydroxylation is 1.